The van der Waals surface area contributed by atoms with Crippen LogP contribution in [-0.2, 0) is 5.41 Å². The van der Waals surface area contributed by atoms with Crippen molar-refractivity contribution in [3.05, 3.63) is 308 Å². The zero-order chi connectivity index (χ0) is 102. The normalized spacial score (nSPS) is 15.0. The minimum absolute atomic E-state index is 0.0893. The second kappa shape index (κ2) is 34.0. The van der Waals surface area contributed by atoms with Gasteiger partial charge in [-0.25, -0.2) is 0 Å². The molecule has 0 spiro atoms. The summed E-state index contributed by atoms with van der Waals surface area (Å²) >= 11 is 0. The zero-order valence-corrected chi connectivity index (χ0v) is 102. The summed E-state index contributed by atoms with van der Waals surface area (Å²) in [6, 6.07) is 123. The standard InChI is InChI=1S/C124H147B3N6Si10/c1-82-34-64-109-103(70-82)125-104-71-83(2)35-65-110(104)130(87-42-52-92(53-43-87)135(9,10)11)116-77-100(76-115(121(116)125)129(109)86-40-50-91(51-41-86)134(6,7)8)143(33,101-78-117-122-118(79-101)131(88-44-54-93(55-45-88)136(12,13)14)112-67-61-97(140(24,25)26)73-106(112)126(122)105-72-96(139(21,22)23)60-66-111(105)128(117)85-38-36-84(37-39-85)124(3,4)5)102-80-119-123-120(81-102)133(90-48-58-95(59-49-90)138(18,19)20)114-69-63-99(142(30,31)32)75-108(114)127(123)107-74-98(141(27,28)29)62-68-113(107)132(119)89-46-56-94(57-47-89)137(15,16)17/h34-81H,1-33H3. The first-order valence-electron chi connectivity index (χ1n) is 52.7. The molecule has 0 saturated heterocycles. The molecule has 6 nitrogen and oxygen atoms in total. The molecule has 143 heavy (non-hydrogen) atoms. The van der Waals surface area contributed by atoms with Crippen LogP contribution < -0.4 is 141 Å². The van der Waals surface area contributed by atoms with Crippen molar-refractivity contribution in [3.63, 3.8) is 0 Å². The molecule has 722 valence electrons. The first-order chi connectivity index (χ1) is 66.9. The van der Waals surface area contributed by atoms with Crippen molar-refractivity contribution in [3.8, 4) is 0 Å². The molecule has 0 aliphatic carbocycles. The van der Waals surface area contributed by atoms with Crippen LogP contribution in [0.25, 0.3) is 0 Å². The lowest BCUT2D eigenvalue weighted by atomic mass is 9.33. The Kier molecular flexibility index (Phi) is 23.4. The molecule has 0 amide bonds. The highest BCUT2D eigenvalue weighted by atomic mass is 28.3. The third-order valence-electron chi connectivity index (χ3n) is 32.7. The molecule has 1 atom stereocenters. The molecule has 6 aliphatic heterocycles. The first-order valence-corrected chi connectivity index (χ1v) is 86.7. The van der Waals surface area contributed by atoms with Gasteiger partial charge in [-0.1, -0.05) is 407 Å². The molecular weight excluding hydrogens is 1890 g/mol. The number of fused-ring (bicyclic) bond motifs is 12. The van der Waals surface area contributed by atoms with E-state index in [1.165, 1.54) is 225 Å². The van der Waals surface area contributed by atoms with Gasteiger partial charge in [0, 0.05) is 102 Å². The molecule has 6 heterocycles. The summed E-state index contributed by atoms with van der Waals surface area (Å²) in [5, 5.41) is 17.2. The number of benzene rings is 15. The lowest BCUT2D eigenvalue weighted by Crippen LogP contribution is -2.69. The highest BCUT2D eigenvalue weighted by molar-refractivity contribution is 7.12. The van der Waals surface area contributed by atoms with Gasteiger partial charge in [0.2, 0.25) is 0 Å². The Labute approximate surface area is 867 Å². The Bertz CT molecular complexity index is 6940. The third kappa shape index (κ3) is 16.9. The van der Waals surface area contributed by atoms with E-state index in [1.54, 1.807) is 0 Å². The monoisotopic (exact) mass is 2030 g/mol. The van der Waals surface area contributed by atoms with Crippen LogP contribution >= 0.6 is 0 Å². The lowest BCUT2D eigenvalue weighted by molar-refractivity contribution is 0.590. The Hall–Kier alpha value is -10.5. The fraction of sp³-hybridized carbons (Fsp3) is 0.274. The molecule has 6 aliphatic rings. The Morgan fingerprint density at radius 3 is 0.503 bits per heavy atom. The van der Waals surface area contributed by atoms with E-state index in [2.05, 4.69) is 539 Å². The second-order valence-corrected chi connectivity index (χ2v) is 103. The number of hydrogen-bond acceptors (Lipinski definition) is 6. The van der Waals surface area contributed by atoms with Gasteiger partial charge in [0.05, 0.1) is 72.7 Å². The summed E-state index contributed by atoms with van der Waals surface area (Å²) < 4.78 is 0. The van der Waals surface area contributed by atoms with Crippen molar-refractivity contribution in [1.82, 2.24) is 0 Å². The average Bonchev–Trinajstić information content (AvgIpc) is 0.683. The highest BCUT2D eigenvalue weighted by Crippen LogP contribution is 2.51. The van der Waals surface area contributed by atoms with Crippen LogP contribution in [0.4, 0.5) is 102 Å². The summed E-state index contributed by atoms with van der Waals surface area (Å²) in [6.45, 7) is 82.5. The molecular formula is C124H147B3N6Si10. The maximum Gasteiger partial charge on any atom is 0.252 e. The minimum atomic E-state index is -3.99. The fourth-order valence-corrected chi connectivity index (χ4v) is 37.9. The third-order valence-corrected chi connectivity index (χ3v) is 55.5. The van der Waals surface area contributed by atoms with Crippen LogP contribution in [0.3, 0.4) is 0 Å². The van der Waals surface area contributed by atoms with E-state index in [4.69, 9.17) is 0 Å². The van der Waals surface area contributed by atoms with Gasteiger partial charge in [-0.3, -0.25) is 0 Å². The van der Waals surface area contributed by atoms with Crippen LogP contribution in [0, 0.1) is 13.8 Å². The Morgan fingerprint density at radius 2 is 0.329 bits per heavy atom. The zero-order valence-electron chi connectivity index (χ0n) is 91.6. The number of hydrogen-bond donors (Lipinski definition) is 0. The molecule has 15 aromatic rings. The molecule has 0 aromatic heterocycles. The summed E-state index contributed by atoms with van der Waals surface area (Å²) in [5.74, 6) is 0. The van der Waals surface area contributed by atoms with Gasteiger partial charge in [-0.05, 0) is 235 Å². The first kappa shape index (κ1) is 98.5. The van der Waals surface area contributed by atoms with Crippen LogP contribution in [0.2, 0.25) is 183 Å². The van der Waals surface area contributed by atoms with Gasteiger partial charge < -0.3 is 29.4 Å². The highest BCUT2D eigenvalue weighted by Gasteiger charge is 2.53. The van der Waals surface area contributed by atoms with Crippen molar-refractivity contribution in [2.45, 2.75) is 223 Å². The SMILES string of the molecule is Cc1ccc2c(c1)B1c3cc(C)ccc3N(c3ccc([Si](C)(C)C)cc3)c3cc([Si](C)(c4cc5c6c(c4)N(c4ccc([Si](C)(C)C)cc4)c4ccc([Si](C)(C)C)cc4B6c4cc([Si](C)(C)C)ccc4N5c4ccc(C(C)(C)C)cc4)c4cc5c6c(c4)N(c4ccc([Si](C)(C)C)cc4)c4ccc([Si](C)(C)C)cc4B6c4cc([Si](C)(C)C)ccc4N5c4ccc([Si](C)(C)C)cc4)cc(c31)N2c1ccc([Si](C)(C)C)cc1. The van der Waals surface area contributed by atoms with E-state index < -0.39 is 80.7 Å². The summed E-state index contributed by atoms with van der Waals surface area (Å²) in [5.41, 5.74) is 37.9. The molecule has 0 N–H and O–H groups in total. The van der Waals surface area contributed by atoms with Gasteiger partial charge in [0.1, 0.15) is 8.07 Å². The van der Waals surface area contributed by atoms with Crippen LogP contribution in [0.1, 0.15) is 37.5 Å². The molecule has 0 fully saturated rings. The maximum absolute atomic E-state index is 3.99. The van der Waals surface area contributed by atoms with Gasteiger partial charge in [-0.2, -0.15) is 0 Å². The number of rotatable bonds is 18. The van der Waals surface area contributed by atoms with Crippen molar-refractivity contribution in [2.75, 3.05) is 29.4 Å². The second-order valence-electron chi connectivity index (χ2n) is 53.2. The number of anilines is 18. The summed E-state index contributed by atoms with van der Waals surface area (Å²) in [7, 11) is -21.1. The Morgan fingerprint density at radius 1 is 0.168 bits per heavy atom. The fourth-order valence-electron chi connectivity index (χ4n) is 23.8. The molecule has 0 saturated carbocycles. The Balaban J connectivity index is 0.991. The topological polar surface area (TPSA) is 19.4 Å². The summed E-state index contributed by atoms with van der Waals surface area (Å²) in [4.78, 5) is 16.6. The molecule has 21 rings (SSSR count). The van der Waals surface area contributed by atoms with E-state index in [1.807, 2.05) is 0 Å². The number of aryl methyl sites for hydroxylation is 2. The number of nitrogens with zero attached hydrogens (tertiary/aromatic N) is 6. The van der Waals surface area contributed by atoms with E-state index in [0.717, 1.165) is 5.69 Å². The molecule has 0 bridgehead atoms. The van der Waals surface area contributed by atoms with Gasteiger partial charge in [0.15, 0.2) is 0 Å². The van der Waals surface area contributed by atoms with Crippen molar-refractivity contribution in [1.29, 1.82) is 0 Å². The van der Waals surface area contributed by atoms with E-state index >= 15 is 0 Å². The molecule has 19 heteroatoms. The van der Waals surface area contributed by atoms with Crippen molar-refractivity contribution >= 4 is 315 Å². The van der Waals surface area contributed by atoms with Crippen molar-refractivity contribution in [2.24, 2.45) is 0 Å². The van der Waals surface area contributed by atoms with Crippen LogP contribution in [0.5, 0.6) is 0 Å². The predicted molar refractivity (Wildman–Crippen MR) is 667 cm³/mol. The maximum atomic E-state index is 2.84. The van der Waals surface area contributed by atoms with Crippen LogP contribution in [0.15, 0.2) is 291 Å². The molecule has 15 aromatic carbocycles. The lowest BCUT2D eigenvalue weighted by Gasteiger charge is -2.48. The van der Waals surface area contributed by atoms with E-state index in [9.17, 15) is 0 Å². The van der Waals surface area contributed by atoms with E-state index in [0.29, 0.717) is 0 Å². The average molecular weight is 2030 g/mol. The molecule has 0 radical (unpaired) electrons. The van der Waals surface area contributed by atoms with Gasteiger partial charge in [0.25, 0.3) is 20.1 Å². The minimum Gasteiger partial charge on any atom is -0.311 e. The largest absolute Gasteiger partial charge is 0.311 e. The van der Waals surface area contributed by atoms with Crippen LogP contribution in [-0.4, -0.2) is 101 Å². The summed E-state index contributed by atoms with van der Waals surface area (Å²) in [6.07, 6.45) is 0. The van der Waals surface area contributed by atoms with Gasteiger partial charge >= 0.3 is 0 Å². The smallest absolute Gasteiger partial charge is 0.252 e. The van der Waals surface area contributed by atoms with Gasteiger partial charge in [-0.15, -0.1) is 0 Å². The quantitative estimate of drug-likeness (QED) is 0.0625. The van der Waals surface area contributed by atoms with Crippen molar-refractivity contribution < 1.29 is 0 Å². The predicted octanol–water partition coefficient (Wildman–Crippen LogP) is 21.9. The molecule has 1 unspecified atom stereocenters. The van der Waals surface area contributed by atoms with E-state index in [-0.39, 0.29) is 25.6 Å².